The third kappa shape index (κ3) is 6.78. The van der Waals surface area contributed by atoms with Gasteiger partial charge in [0, 0.05) is 37.2 Å². The standard InChI is InChI=1S/C16H29N5OS.HI/c1-11(2)15-20-14(22-21-15)6-5-9-18-16(17-3)19-12-7-8-13(10-12)23-4;/h11-13H,5-10H2,1-4H3,(H2,17,18,19);1H. The lowest BCUT2D eigenvalue weighted by atomic mass is 10.2. The molecular formula is C16H30IN5OS. The molecule has 2 atom stereocenters. The predicted octanol–water partition coefficient (Wildman–Crippen LogP) is 3.19. The van der Waals surface area contributed by atoms with Crippen LogP contribution in [0.5, 0.6) is 0 Å². The number of thioether (sulfide) groups is 1. The van der Waals surface area contributed by atoms with E-state index < -0.39 is 0 Å². The average molecular weight is 467 g/mol. The van der Waals surface area contributed by atoms with E-state index in [9.17, 15) is 0 Å². The minimum atomic E-state index is 0. The van der Waals surface area contributed by atoms with Gasteiger partial charge in [-0.15, -0.1) is 24.0 Å². The highest BCUT2D eigenvalue weighted by atomic mass is 127. The Morgan fingerprint density at radius 2 is 2.21 bits per heavy atom. The second-order valence-corrected chi connectivity index (χ2v) is 7.45. The van der Waals surface area contributed by atoms with Gasteiger partial charge in [-0.3, -0.25) is 4.99 Å². The van der Waals surface area contributed by atoms with Crippen molar-refractivity contribution in [2.75, 3.05) is 19.8 Å². The second kappa shape index (κ2) is 11.2. The molecule has 1 aliphatic rings. The van der Waals surface area contributed by atoms with Crippen molar-refractivity contribution in [2.45, 2.75) is 63.2 Å². The molecular weight excluding hydrogens is 437 g/mol. The van der Waals surface area contributed by atoms with Crippen LogP contribution in [0.1, 0.15) is 57.2 Å². The van der Waals surface area contributed by atoms with Crippen LogP contribution < -0.4 is 10.6 Å². The zero-order valence-corrected chi connectivity index (χ0v) is 18.2. The van der Waals surface area contributed by atoms with E-state index in [-0.39, 0.29) is 24.0 Å². The Bertz CT molecular complexity index is 508. The van der Waals surface area contributed by atoms with E-state index in [0.29, 0.717) is 12.0 Å². The lowest BCUT2D eigenvalue weighted by molar-refractivity contribution is 0.368. The van der Waals surface area contributed by atoms with E-state index in [2.05, 4.69) is 45.9 Å². The predicted molar refractivity (Wildman–Crippen MR) is 112 cm³/mol. The molecule has 8 heteroatoms. The Balaban J connectivity index is 0.00000288. The first-order valence-corrected chi connectivity index (χ1v) is 9.73. The lowest BCUT2D eigenvalue weighted by Gasteiger charge is -2.17. The van der Waals surface area contributed by atoms with Crippen molar-refractivity contribution < 1.29 is 4.52 Å². The maximum Gasteiger partial charge on any atom is 0.226 e. The summed E-state index contributed by atoms with van der Waals surface area (Å²) in [6.07, 6.45) is 7.68. The lowest BCUT2D eigenvalue weighted by Crippen LogP contribution is -2.42. The van der Waals surface area contributed by atoms with Gasteiger partial charge in [0.25, 0.3) is 0 Å². The summed E-state index contributed by atoms with van der Waals surface area (Å²) in [6.45, 7) is 4.98. The molecule has 0 amide bonds. The smallest absolute Gasteiger partial charge is 0.226 e. The molecule has 24 heavy (non-hydrogen) atoms. The van der Waals surface area contributed by atoms with Gasteiger partial charge in [-0.2, -0.15) is 16.7 Å². The van der Waals surface area contributed by atoms with Crippen LogP contribution in [0.4, 0.5) is 0 Å². The molecule has 138 valence electrons. The van der Waals surface area contributed by atoms with E-state index in [1.165, 1.54) is 19.3 Å². The van der Waals surface area contributed by atoms with Crippen molar-refractivity contribution in [1.29, 1.82) is 0 Å². The summed E-state index contributed by atoms with van der Waals surface area (Å²) in [4.78, 5) is 8.70. The Morgan fingerprint density at radius 3 is 2.79 bits per heavy atom. The van der Waals surface area contributed by atoms with Gasteiger partial charge in [0.15, 0.2) is 11.8 Å². The fourth-order valence-corrected chi connectivity index (χ4v) is 3.52. The van der Waals surface area contributed by atoms with Gasteiger partial charge in [-0.25, -0.2) is 0 Å². The number of nitrogens with one attached hydrogen (secondary N) is 2. The quantitative estimate of drug-likeness (QED) is 0.278. The summed E-state index contributed by atoms with van der Waals surface area (Å²) in [5.41, 5.74) is 0. The van der Waals surface area contributed by atoms with E-state index in [1.807, 2.05) is 18.8 Å². The van der Waals surface area contributed by atoms with Crippen LogP contribution >= 0.6 is 35.7 Å². The van der Waals surface area contributed by atoms with Crippen molar-refractivity contribution in [2.24, 2.45) is 4.99 Å². The summed E-state index contributed by atoms with van der Waals surface area (Å²) in [6, 6.07) is 0.545. The normalized spacial score (nSPS) is 21.0. The van der Waals surface area contributed by atoms with E-state index in [0.717, 1.165) is 42.3 Å². The molecule has 2 unspecified atom stereocenters. The molecule has 6 nitrogen and oxygen atoms in total. The van der Waals surface area contributed by atoms with Gasteiger partial charge in [0.05, 0.1) is 0 Å². The van der Waals surface area contributed by atoms with E-state index in [4.69, 9.17) is 4.52 Å². The first kappa shape index (κ1) is 21.5. The van der Waals surface area contributed by atoms with Crippen molar-refractivity contribution >= 4 is 41.7 Å². The van der Waals surface area contributed by atoms with E-state index in [1.54, 1.807) is 0 Å². The topological polar surface area (TPSA) is 75.3 Å². The highest BCUT2D eigenvalue weighted by Gasteiger charge is 2.24. The van der Waals surface area contributed by atoms with Gasteiger partial charge in [0.1, 0.15) is 0 Å². The molecule has 0 saturated heterocycles. The molecule has 2 N–H and O–H groups in total. The number of aromatic nitrogens is 2. The molecule has 0 bridgehead atoms. The number of aryl methyl sites for hydroxylation is 1. The minimum absolute atomic E-state index is 0. The molecule has 1 saturated carbocycles. The molecule has 1 heterocycles. The summed E-state index contributed by atoms with van der Waals surface area (Å²) in [5, 5.41) is 11.7. The number of guanidine groups is 1. The van der Waals surface area contributed by atoms with Crippen LogP contribution in [0, 0.1) is 0 Å². The van der Waals surface area contributed by atoms with Crippen LogP contribution in [-0.4, -0.2) is 47.2 Å². The maximum atomic E-state index is 5.25. The van der Waals surface area contributed by atoms with Gasteiger partial charge < -0.3 is 15.2 Å². The number of hydrogen-bond acceptors (Lipinski definition) is 5. The first-order valence-electron chi connectivity index (χ1n) is 8.44. The van der Waals surface area contributed by atoms with Gasteiger partial charge in [-0.1, -0.05) is 19.0 Å². The van der Waals surface area contributed by atoms with Gasteiger partial charge in [-0.05, 0) is 31.9 Å². The van der Waals surface area contributed by atoms with Crippen molar-refractivity contribution in [3.63, 3.8) is 0 Å². The first-order chi connectivity index (χ1) is 11.1. The fourth-order valence-electron chi connectivity index (χ4n) is 2.72. The molecule has 0 aromatic carbocycles. The van der Waals surface area contributed by atoms with Gasteiger partial charge in [0.2, 0.25) is 5.89 Å². The highest BCUT2D eigenvalue weighted by molar-refractivity contribution is 14.0. The van der Waals surface area contributed by atoms with Gasteiger partial charge >= 0.3 is 0 Å². The molecule has 1 fully saturated rings. The second-order valence-electron chi connectivity index (χ2n) is 6.32. The molecule has 1 aromatic heterocycles. The average Bonchev–Trinajstić information content (AvgIpc) is 3.19. The number of nitrogens with zero attached hydrogens (tertiary/aromatic N) is 3. The Kier molecular flexibility index (Phi) is 10.0. The zero-order chi connectivity index (χ0) is 16.7. The largest absolute Gasteiger partial charge is 0.356 e. The van der Waals surface area contributed by atoms with Crippen LogP contribution in [-0.2, 0) is 6.42 Å². The zero-order valence-electron chi connectivity index (χ0n) is 15.0. The minimum Gasteiger partial charge on any atom is -0.356 e. The van der Waals surface area contributed by atoms with E-state index >= 15 is 0 Å². The summed E-state index contributed by atoms with van der Waals surface area (Å²) in [7, 11) is 1.82. The molecule has 2 rings (SSSR count). The third-order valence-electron chi connectivity index (χ3n) is 4.14. The third-order valence-corrected chi connectivity index (χ3v) is 5.24. The fraction of sp³-hybridized carbons (Fsp3) is 0.812. The Morgan fingerprint density at radius 1 is 1.42 bits per heavy atom. The molecule has 1 aliphatic carbocycles. The monoisotopic (exact) mass is 467 g/mol. The van der Waals surface area contributed by atoms with Crippen LogP contribution in [0.15, 0.2) is 9.52 Å². The molecule has 0 aliphatic heterocycles. The maximum absolute atomic E-state index is 5.25. The summed E-state index contributed by atoms with van der Waals surface area (Å²) >= 11 is 1.97. The molecule has 1 aromatic rings. The summed E-state index contributed by atoms with van der Waals surface area (Å²) in [5.74, 6) is 2.71. The van der Waals surface area contributed by atoms with Crippen LogP contribution in [0.2, 0.25) is 0 Å². The molecule has 0 spiro atoms. The van der Waals surface area contributed by atoms with Crippen molar-refractivity contribution in [1.82, 2.24) is 20.8 Å². The van der Waals surface area contributed by atoms with Crippen LogP contribution in [0.25, 0.3) is 0 Å². The number of rotatable bonds is 7. The Labute approximate surface area is 166 Å². The highest BCUT2D eigenvalue weighted by Crippen LogP contribution is 2.27. The summed E-state index contributed by atoms with van der Waals surface area (Å²) < 4.78 is 5.25. The number of aliphatic imine (C=N–C) groups is 1. The molecule has 0 radical (unpaired) electrons. The SMILES string of the molecule is CN=C(NCCCc1nc(C(C)C)no1)NC1CCC(SC)C1.I. The Hall–Kier alpha value is -0.510. The van der Waals surface area contributed by atoms with Crippen molar-refractivity contribution in [3.8, 4) is 0 Å². The van der Waals surface area contributed by atoms with Crippen molar-refractivity contribution in [3.05, 3.63) is 11.7 Å². The number of halogens is 1. The van der Waals surface area contributed by atoms with Crippen LogP contribution in [0.3, 0.4) is 0 Å². The number of hydrogen-bond donors (Lipinski definition) is 2.